The van der Waals surface area contributed by atoms with Crippen LogP contribution in [0.4, 0.5) is 0 Å². The number of hydrogen-bond acceptors (Lipinski definition) is 3. The van der Waals surface area contributed by atoms with Gasteiger partial charge in [-0.05, 0) is 49.3 Å². The Hall–Kier alpha value is -0.430. The molecule has 1 aromatic heterocycles. The zero-order valence-electron chi connectivity index (χ0n) is 9.44. The van der Waals surface area contributed by atoms with Gasteiger partial charge in [0.25, 0.3) is 5.56 Å². The summed E-state index contributed by atoms with van der Waals surface area (Å²) in [6.07, 6.45) is 5.35. The molecule has 1 fully saturated rings. The summed E-state index contributed by atoms with van der Waals surface area (Å²) in [6.45, 7) is 4.78. The molecule has 0 N–H and O–H groups in total. The highest BCUT2D eigenvalue weighted by atomic mass is 127. The smallest absolute Gasteiger partial charge is 0.266 e. The Morgan fingerprint density at radius 2 is 2.44 bits per heavy atom. The number of halogens is 1. The molecule has 0 spiro atoms. The van der Waals surface area contributed by atoms with Gasteiger partial charge in [-0.15, -0.1) is 0 Å². The van der Waals surface area contributed by atoms with Gasteiger partial charge in [0.2, 0.25) is 0 Å². The topological polar surface area (TPSA) is 44.1 Å². The van der Waals surface area contributed by atoms with Crippen molar-refractivity contribution in [2.75, 3.05) is 0 Å². The van der Waals surface area contributed by atoms with Gasteiger partial charge in [0.1, 0.15) is 0 Å². The van der Waals surface area contributed by atoms with Crippen LogP contribution in [0.5, 0.6) is 0 Å². The van der Waals surface area contributed by atoms with Crippen molar-refractivity contribution >= 4 is 22.6 Å². The van der Waals surface area contributed by atoms with Crippen LogP contribution in [-0.2, 0) is 11.3 Å². The van der Waals surface area contributed by atoms with E-state index in [0.717, 1.165) is 12.8 Å². The fraction of sp³-hybridized carbons (Fsp3) is 0.636. The molecule has 1 aliphatic rings. The summed E-state index contributed by atoms with van der Waals surface area (Å²) in [6, 6.07) is 0. The summed E-state index contributed by atoms with van der Waals surface area (Å²) in [5.41, 5.74) is -0.0344. The number of aromatic nitrogens is 2. The second-order valence-corrected chi connectivity index (χ2v) is 5.90. The van der Waals surface area contributed by atoms with Crippen molar-refractivity contribution < 1.29 is 4.74 Å². The molecule has 88 valence electrons. The lowest BCUT2D eigenvalue weighted by atomic mass is 10.1. The number of nitrogens with zero attached hydrogens (tertiary/aromatic N) is 2. The van der Waals surface area contributed by atoms with E-state index < -0.39 is 0 Å². The Balaban J connectivity index is 2.11. The van der Waals surface area contributed by atoms with Crippen LogP contribution in [-0.4, -0.2) is 21.3 Å². The fourth-order valence-corrected chi connectivity index (χ4v) is 2.45. The van der Waals surface area contributed by atoms with Gasteiger partial charge in [0, 0.05) is 6.20 Å². The zero-order valence-corrected chi connectivity index (χ0v) is 11.6. The Morgan fingerprint density at radius 3 is 3.06 bits per heavy atom. The van der Waals surface area contributed by atoms with E-state index in [2.05, 4.69) is 18.8 Å². The summed E-state index contributed by atoms with van der Waals surface area (Å²) in [5, 5.41) is 0. The predicted octanol–water partition coefficient (Wildman–Crippen LogP) is 1.81. The van der Waals surface area contributed by atoms with E-state index in [1.54, 1.807) is 17.1 Å². The van der Waals surface area contributed by atoms with E-state index in [1.807, 2.05) is 22.6 Å². The lowest BCUT2D eigenvalue weighted by Gasteiger charge is -2.19. The molecule has 0 aromatic carbocycles. The summed E-state index contributed by atoms with van der Waals surface area (Å²) < 4.78 is 8.14. The molecule has 1 aromatic rings. The molecule has 16 heavy (non-hydrogen) atoms. The van der Waals surface area contributed by atoms with E-state index in [4.69, 9.17) is 4.74 Å². The van der Waals surface area contributed by atoms with E-state index >= 15 is 0 Å². The van der Waals surface area contributed by atoms with Crippen molar-refractivity contribution in [1.29, 1.82) is 0 Å². The third kappa shape index (κ3) is 2.63. The van der Waals surface area contributed by atoms with Crippen molar-refractivity contribution in [3.8, 4) is 0 Å². The molecule has 1 atom stereocenters. The molecule has 1 aliphatic heterocycles. The lowest BCUT2D eigenvalue weighted by molar-refractivity contribution is -0.0221. The zero-order chi connectivity index (χ0) is 11.8. The van der Waals surface area contributed by atoms with Gasteiger partial charge in [-0.1, -0.05) is 0 Å². The maximum Gasteiger partial charge on any atom is 0.266 e. The molecule has 4 nitrogen and oxygen atoms in total. The second kappa shape index (κ2) is 4.44. The normalized spacial score (nSPS) is 23.6. The monoisotopic (exact) mass is 334 g/mol. The van der Waals surface area contributed by atoms with E-state index in [1.165, 1.54) is 0 Å². The summed E-state index contributed by atoms with van der Waals surface area (Å²) in [4.78, 5) is 15.8. The third-order valence-corrected chi connectivity index (χ3v) is 3.55. The SMILES string of the molecule is CC1(C)CCC(Cn2cncc(I)c2=O)O1. The van der Waals surface area contributed by atoms with Gasteiger partial charge in [0.05, 0.1) is 28.1 Å². The van der Waals surface area contributed by atoms with E-state index in [-0.39, 0.29) is 17.3 Å². The van der Waals surface area contributed by atoms with Gasteiger partial charge < -0.3 is 4.74 Å². The molecule has 0 aliphatic carbocycles. The molecule has 1 unspecified atom stereocenters. The van der Waals surface area contributed by atoms with Crippen LogP contribution in [0.2, 0.25) is 0 Å². The van der Waals surface area contributed by atoms with Crippen LogP contribution >= 0.6 is 22.6 Å². The van der Waals surface area contributed by atoms with Crippen LogP contribution < -0.4 is 5.56 Å². The van der Waals surface area contributed by atoms with Crippen molar-refractivity contribution in [1.82, 2.24) is 9.55 Å². The maximum absolute atomic E-state index is 11.8. The lowest BCUT2D eigenvalue weighted by Crippen LogP contribution is -2.29. The minimum atomic E-state index is -0.0519. The summed E-state index contributed by atoms with van der Waals surface area (Å²) >= 11 is 2.01. The average Bonchev–Trinajstić information content (AvgIpc) is 2.53. The van der Waals surface area contributed by atoms with Gasteiger partial charge in [-0.2, -0.15) is 0 Å². The van der Waals surface area contributed by atoms with Gasteiger partial charge in [0.15, 0.2) is 0 Å². The Bertz CT molecular complexity index is 442. The first-order valence-corrected chi connectivity index (χ1v) is 6.43. The quantitative estimate of drug-likeness (QED) is 0.775. The Kier molecular flexibility index (Phi) is 3.34. The van der Waals surface area contributed by atoms with Crippen LogP contribution in [0.25, 0.3) is 0 Å². The number of ether oxygens (including phenoxy) is 1. The Labute approximate surface area is 108 Å². The van der Waals surface area contributed by atoms with Crippen LogP contribution in [0.3, 0.4) is 0 Å². The largest absolute Gasteiger partial charge is 0.370 e. The first-order chi connectivity index (χ1) is 7.48. The third-order valence-electron chi connectivity index (χ3n) is 2.81. The van der Waals surface area contributed by atoms with Crippen molar-refractivity contribution in [2.45, 2.75) is 44.9 Å². The van der Waals surface area contributed by atoms with E-state index in [0.29, 0.717) is 10.1 Å². The maximum atomic E-state index is 11.8. The second-order valence-electron chi connectivity index (χ2n) is 4.74. The average molecular weight is 334 g/mol. The predicted molar refractivity (Wildman–Crippen MR) is 69.4 cm³/mol. The molecule has 5 heteroatoms. The van der Waals surface area contributed by atoms with E-state index in [9.17, 15) is 4.79 Å². The molecule has 2 heterocycles. The minimum Gasteiger partial charge on any atom is -0.370 e. The number of hydrogen-bond donors (Lipinski definition) is 0. The van der Waals surface area contributed by atoms with Crippen molar-refractivity contribution in [2.24, 2.45) is 0 Å². The molecule has 1 saturated heterocycles. The Morgan fingerprint density at radius 1 is 1.69 bits per heavy atom. The van der Waals surface area contributed by atoms with Crippen LogP contribution in [0.15, 0.2) is 17.3 Å². The molecule has 0 bridgehead atoms. The molecular weight excluding hydrogens is 319 g/mol. The molecular formula is C11H15IN2O2. The summed E-state index contributed by atoms with van der Waals surface area (Å²) in [5.74, 6) is 0. The van der Waals surface area contributed by atoms with Gasteiger partial charge in [-0.25, -0.2) is 4.98 Å². The highest BCUT2D eigenvalue weighted by molar-refractivity contribution is 14.1. The number of rotatable bonds is 2. The fourth-order valence-electron chi connectivity index (χ4n) is 1.98. The highest BCUT2D eigenvalue weighted by Crippen LogP contribution is 2.29. The first kappa shape index (κ1) is 12.0. The van der Waals surface area contributed by atoms with Gasteiger partial charge in [-0.3, -0.25) is 9.36 Å². The standard InChI is InChI=1S/C11H15IN2O2/c1-11(2)4-3-8(16-11)6-14-7-13-5-9(12)10(14)15/h5,7-8H,3-4,6H2,1-2H3. The van der Waals surface area contributed by atoms with Crippen LogP contribution in [0.1, 0.15) is 26.7 Å². The van der Waals surface area contributed by atoms with Gasteiger partial charge >= 0.3 is 0 Å². The van der Waals surface area contributed by atoms with Crippen molar-refractivity contribution in [3.05, 3.63) is 26.4 Å². The molecule has 0 amide bonds. The minimum absolute atomic E-state index is 0.0175. The van der Waals surface area contributed by atoms with Crippen molar-refractivity contribution in [3.63, 3.8) is 0 Å². The van der Waals surface area contributed by atoms with Crippen LogP contribution in [0, 0.1) is 3.57 Å². The summed E-state index contributed by atoms with van der Waals surface area (Å²) in [7, 11) is 0. The highest BCUT2D eigenvalue weighted by Gasteiger charge is 2.31. The molecule has 0 saturated carbocycles. The molecule has 0 radical (unpaired) electrons. The molecule has 2 rings (SSSR count). The first-order valence-electron chi connectivity index (χ1n) is 5.36.